The first-order valence-corrected chi connectivity index (χ1v) is 24.4. The Hall–Kier alpha value is -7.83. The number of pyridine rings is 4. The Kier molecular flexibility index (Phi) is 26.5. The quantitative estimate of drug-likeness (QED) is 0.0342. The summed E-state index contributed by atoms with van der Waals surface area (Å²) in [5, 5.41) is 9.98. The summed E-state index contributed by atoms with van der Waals surface area (Å²) >= 11 is 18.6. The van der Waals surface area contributed by atoms with Gasteiger partial charge in [0.1, 0.15) is 56.9 Å². The molecular formula is C51H51Br2Cl2FN10O10. The van der Waals surface area contributed by atoms with E-state index in [2.05, 4.69) is 91.9 Å². The van der Waals surface area contributed by atoms with Crippen molar-refractivity contribution in [1.82, 2.24) is 29.9 Å². The van der Waals surface area contributed by atoms with E-state index in [-0.39, 0.29) is 43.4 Å². The van der Waals surface area contributed by atoms with E-state index in [1.807, 2.05) is 36.4 Å². The van der Waals surface area contributed by atoms with Gasteiger partial charge in [0.2, 0.25) is 11.8 Å². The smallest absolute Gasteiger partial charge is 0.325 e. The molecule has 0 bridgehead atoms. The van der Waals surface area contributed by atoms with Crippen molar-refractivity contribution < 1.29 is 51.9 Å². The minimum Gasteiger partial charge on any atom is -0.497 e. The molecule has 5 aromatic heterocycles. The fourth-order valence-electron chi connectivity index (χ4n) is 5.50. The molecule has 0 aliphatic carbocycles. The summed E-state index contributed by atoms with van der Waals surface area (Å²) in [5.74, 6) is 2.61. The Morgan fingerprint density at radius 1 is 0.592 bits per heavy atom. The number of esters is 3. The molecule has 0 fully saturated rings. The maximum absolute atomic E-state index is 12.1. The van der Waals surface area contributed by atoms with Gasteiger partial charge in [0.05, 0.1) is 69.7 Å². The van der Waals surface area contributed by atoms with Crippen LogP contribution in [-0.4, -0.2) is 103 Å². The molecule has 3 aromatic carbocycles. The Bertz CT molecular complexity index is 3060. The van der Waals surface area contributed by atoms with Crippen LogP contribution in [0.3, 0.4) is 0 Å². The average molecular weight is 1210 g/mol. The number of nitrogens with one attached hydrogen (secondary N) is 4. The van der Waals surface area contributed by atoms with Crippen LogP contribution in [0.25, 0.3) is 11.0 Å². The van der Waals surface area contributed by atoms with Crippen LogP contribution >= 0.6 is 55.1 Å². The van der Waals surface area contributed by atoms with Gasteiger partial charge in [0.25, 0.3) is 0 Å². The minimum atomic E-state index is -0.380. The van der Waals surface area contributed by atoms with Crippen molar-refractivity contribution in [2.75, 3.05) is 71.1 Å². The molecule has 25 heteroatoms. The highest BCUT2D eigenvalue weighted by Crippen LogP contribution is 2.33. The van der Waals surface area contributed by atoms with Crippen molar-refractivity contribution >= 4 is 101 Å². The molecule has 0 aliphatic heterocycles. The van der Waals surface area contributed by atoms with E-state index >= 15 is 0 Å². The van der Waals surface area contributed by atoms with Gasteiger partial charge in [-0.3, -0.25) is 14.4 Å². The molecule has 0 saturated heterocycles. The number of H-pyrrole nitrogens is 1. The molecule has 76 heavy (non-hydrogen) atoms. The number of ether oxygens (including phenoxy) is 7. The van der Waals surface area contributed by atoms with Crippen LogP contribution in [0, 0.1) is 5.82 Å². The lowest BCUT2D eigenvalue weighted by molar-refractivity contribution is -0.139. The summed E-state index contributed by atoms with van der Waals surface area (Å²) in [7, 11) is 7.13. The number of carbonyl (C=O) groups is 3. The molecule has 5 heterocycles. The number of aromatic nitrogens is 6. The molecule has 6 N–H and O–H groups in total. The number of imidazole rings is 1. The maximum Gasteiger partial charge on any atom is 0.325 e. The first kappa shape index (κ1) is 60.7. The number of aromatic amines is 1. The third-order valence-electron chi connectivity index (χ3n) is 9.21. The molecule has 0 spiro atoms. The number of carbonyl (C=O) groups excluding carboxylic acids is 3. The van der Waals surface area contributed by atoms with Crippen LogP contribution in [0.1, 0.15) is 5.82 Å². The van der Waals surface area contributed by atoms with Crippen molar-refractivity contribution in [3.05, 3.63) is 165 Å². The van der Waals surface area contributed by atoms with E-state index in [0.29, 0.717) is 61.6 Å². The molecular weight excluding hydrogens is 1160 g/mol. The third kappa shape index (κ3) is 22.3. The second kappa shape index (κ2) is 33.2. The standard InChI is InChI=1S/C20H17ClN4O2.C15H15ClN2O4.C8H9BrN2O2.C5H3BrFN.C3H7NO2/c1-26-14-6-7-18(15(21)11-14)27-20-10-13(8-9-22-20)23-12-19-24-16-4-2-3-5-17(16)25-19;1-20-11-3-4-13(12(16)8-11)22-14-7-10(5-6-17-14)18-9-15(19)21-2;1-13-8(12)5-11-6-2-3-10-7(9)4-6;6-5-3-4(7)1-2-8-5;1-6-3(5)2-4/h2-11H,12H2,1H3,(H,22,23)(H,24,25);3-8H,9H2,1-2H3,(H,17,18);2-4H,5H2,1H3,(H,10,11);1-3H;2,4H2,1H3. The second-order valence-electron chi connectivity index (χ2n) is 14.4. The average Bonchev–Trinajstić information content (AvgIpc) is 3.86. The van der Waals surface area contributed by atoms with E-state index in [1.165, 1.54) is 39.7 Å². The molecule has 0 amide bonds. The second-order valence-corrected chi connectivity index (χ2v) is 16.9. The van der Waals surface area contributed by atoms with Gasteiger partial charge in [-0.1, -0.05) is 35.3 Å². The summed E-state index contributed by atoms with van der Waals surface area (Å²) in [5.41, 5.74) is 9.14. The fourth-order valence-corrected chi connectivity index (χ4v) is 6.62. The normalized spacial score (nSPS) is 9.88. The highest BCUT2D eigenvalue weighted by Gasteiger charge is 2.10. The van der Waals surface area contributed by atoms with Crippen LogP contribution in [0.4, 0.5) is 21.5 Å². The number of benzene rings is 3. The highest BCUT2D eigenvalue weighted by atomic mass is 79.9. The van der Waals surface area contributed by atoms with Gasteiger partial charge in [0, 0.05) is 72.2 Å². The Morgan fingerprint density at radius 2 is 1.07 bits per heavy atom. The van der Waals surface area contributed by atoms with Crippen molar-refractivity contribution in [3.63, 3.8) is 0 Å². The molecule has 400 valence electrons. The number of rotatable bonds is 16. The predicted molar refractivity (Wildman–Crippen MR) is 294 cm³/mol. The minimum absolute atomic E-state index is 0.0312. The van der Waals surface area contributed by atoms with Crippen molar-refractivity contribution in [3.8, 4) is 34.8 Å². The summed E-state index contributed by atoms with van der Waals surface area (Å²) in [6, 6.07) is 31.4. The van der Waals surface area contributed by atoms with Crippen LogP contribution in [0.2, 0.25) is 10.0 Å². The molecule has 0 unspecified atom stereocenters. The van der Waals surface area contributed by atoms with E-state index in [9.17, 15) is 18.8 Å². The van der Waals surface area contributed by atoms with Gasteiger partial charge >= 0.3 is 17.9 Å². The number of fused-ring (bicyclic) bond motifs is 1. The monoisotopic (exact) mass is 1210 g/mol. The van der Waals surface area contributed by atoms with E-state index < -0.39 is 0 Å². The topological polar surface area (TPSA) is 258 Å². The zero-order valence-corrected chi connectivity index (χ0v) is 46.0. The lowest BCUT2D eigenvalue weighted by atomic mass is 10.3. The van der Waals surface area contributed by atoms with Crippen LogP contribution in [0.15, 0.2) is 143 Å². The van der Waals surface area contributed by atoms with Gasteiger partial charge in [-0.15, -0.1) is 0 Å². The number of nitrogens with zero attached hydrogens (tertiary/aromatic N) is 5. The summed E-state index contributed by atoms with van der Waals surface area (Å²) < 4.78 is 48.1. The molecule has 20 nitrogen and oxygen atoms in total. The summed E-state index contributed by atoms with van der Waals surface area (Å²) in [6.07, 6.45) is 6.28. The van der Waals surface area contributed by atoms with Gasteiger partial charge < -0.3 is 59.8 Å². The number of nitrogens with two attached hydrogens (primary N) is 1. The number of methoxy groups -OCH3 is 5. The van der Waals surface area contributed by atoms with Crippen molar-refractivity contribution in [2.24, 2.45) is 5.73 Å². The van der Waals surface area contributed by atoms with E-state index in [4.69, 9.17) is 47.9 Å². The largest absolute Gasteiger partial charge is 0.497 e. The number of hydrogen-bond donors (Lipinski definition) is 5. The molecule has 0 aliphatic rings. The Labute approximate surface area is 463 Å². The number of halogens is 5. The van der Waals surface area contributed by atoms with Gasteiger partial charge in [-0.2, -0.15) is 0 Å². The van der Waals surface area contributed by atoms with Crippen molar-refractivity contribution in [2.45, 2.75) is 6.54 Å². The first-order chi connectivity index (χ1) is 36.6. The SMILES string of the molecule is COC(=O)CN.COC(=O)CNc1ccnc(Br)c1.COC(=O)CNc1ccnc(Oc2ccc(OC)cc2Cl)c1.COc1ccc(Oc2cc(NCc3nc4ccccc4[nH]3)ccn2)c(Cl)c1.Fc1ccnc(Br)c1. The van der Waals surface area contributed by atoms with Crippen LogP contribution in [0.5, 0.6) is 34.8 Å². The number of anilines is 3. The van der Waals surface area contributed by atoms with Crippen LogP contribution < -0.4 is 40.6 Å². The first-order valence-electron chi connectivity index (χ1n) is 22.0. The molecule has 0 radical (unpaired) electrons. The van der Waals surface area contributed by atoms with Crippen molar-refractivity contribution in [1.29, 1.82) is 0 Å². The Balaban J connectivity index is 0.000000227. The van der Waals surface area contributed by atoms with Gasteiger partial charge in [-0.25, -0.2) is 29.3 Å². The zero-order chi connectivity index (χ0) is 55.2. The molecule has 0 saturated carbocycles. The number of para-hydroxylation sites is 2. The molecule has 0 atom stereocenters. The summed E-state index contributed by atoms with van der Waals surface area (Å²) in [6.45, 7) is 0.744. The van der Waals surface area contributed by atoms with Gasteiger partial charge in [-0.05, 0) is 98.6 Å². The zero-order valence-electron chi connectivity index (χ0n) is 41.3. The summed E-state index contributed by atoms with van der Waals surface area (Å²) in [4.78, 5) is 55.5. The van der Waals surface area contributed by atoms with E-state index in [0.717, 1.165) is 32.8 Å². The predicted octanol–water partition coefficient (Wildman–Crippen LogP) is 10.7. The lowest BCUT2D eigenvalue weighted by Gasteiger charge is -2.10. The lowest BCUT2D eigenvalue weighted by Crippen LogP contribution is -2.14. The van der Waals surface area contributed by atoms with Gasteiger partial charge in [0.15, 0.2) is 0 Å². The molecule has 8 rings (SSSR count). The Morgan fingerprint density at radius 3 is 1.49 bits per heavy atom. The molecule has 8 aromatic rings. The fraction of sp³-hybridized carbons (Fsp3) is 0.176. The third-order valence-corrected chi connectivity index (χ3v) is 10.7. The maximum atomic E-state index is 12.1. The van der Waals surface area contributed by atoms with E-state index in [1.54, 1.807) is 93.5 Å². The number of hydrogen-bond acceptors (Lipinski definition) is 19. The highest BCUT2D eigenvalue weighted by molar-refractivity contribution is 9.10. The van der Waals surface area contributed by atoms with Crippen LogP contribution in [-0.2, 0) is 35.1 Å².